The molecule has 9 nitrogen and oxygen atoms in total. The monoisotopic (exact) mass is 1010 g/mol. The van der Waals surface area contributed by atoms with E-state index in [1.807, 2.05) is 21.1 Å². The molecule has 0 aliphatic heterocycles. The number of ether oxygens (including phenoxy) is 2. The maximum atomic E-state index is 12.7. The van der Waals surface area contributed by atoms with Gasteiger partial charge in [0.15, 0.2) is 6.10 Å². The van der Waals surface area contributed by atoms with E-state index in [0.717, 1.165) is 109 Å². The molecule has 0 N–H and O–H groups in total. The summed E-state index contributed by atoms with van der Waals surface area (Å²) in [6, 6.07) is 0. The number of hydrogen-bond acceptors (Lipinski definition) is 8. The molecule has 406 valence electrons. The molecule has 0 aromatic carbocycles. The van der Waals surface area contributed by atoms with Crippen molar-refractivity contribution in [2.24, 2.45) is 0 Å². The predicted octanol–water partition coefficient (Wildman–Crippen LogP) is 16.8. The quantitative estimate of drug-likeness (QED) is 0.0195. The molecule has 2 atom stereocenters. The first-order chi connectivity index (χ1) is 34.5. The van der Waals surface area contributed by atoms with Gasteiger partial charge in [0, 0.05) is 12.8 Å². The number of nitrogens with zero attached hydrogens (tertiary/aromatic N) is 1. The van der Waals surface area contributed by atoms with E-state index in [9.17, 15) is 19.0 Å². The normalized spacial score (nSPS) is 14.2. The average molecular weight is 1010 g/mol. The van der Waals surface area contributed by atoms with Crippen LogP contribution in [0, 0.1) is 0 Å². The SMILES string of the molecule is CC/C=C\C/C=C\C/C=C\C/C=C\C/C=C\C/C=C\C/C=C\C/C=C\CCCCCCCCCCCCCCC(=O)OC(COC(=O)CCCCCCC/C=C\CCC)COP(=O)([O-])OCC[N+](C)(C)C. The fraction of sp³-hybridized carbons (Fsp3) is 0.672. The minimum atomic E-state index is -4.64. The first kappa shape index (κ1) is 67.7. The summed E-state index contributed by atoms with van der Waals surface area (Å²) in [5, 5.41) is 0. The third-order valence-electron chi connectivity index (χ3n) is 11.5. The van der Waals surface area contributed by atoms with Gasteiger partial charge in [0.05, 0.1) is 27.7 Å². The van der Waals surface area contributed by atoms with E-state index in [1.165, 1.54) is 64.2 Å². The second kappa shape index (κ2) is 51.6. The van der Waals surface area contributed by atoms with Gasteiger partial charge in [0.1, 0.15) is 19.8 Å². The van der Waals surface area contributed by atoms with Crippen molar-refractivity contribution in [1.82, 2.24) is 0 Å². The van der Waals surface area contributed by atoms with Crippen LogP contribution < -0.4 is 4.89 Å². The molecule has 0 bridgehead atoms. The molecular weight excluding hydrogens is 906 g/mol. The molecule has 0 amide bonds. The van der Waals surface area contributed by atoms with E-state index in [4.69, 9.17) is 18.5 Å². The van der Waals surface area contributed by atoms with Crippen LogP contribution in [0.3, 0.4) is 0 Å². The lowest BCUT2D eigenvalue weighted by Crippen LogP contribution is -2.37. The maximum absolute atomic E-state index is 12.7. The summed E-state index contributed by atoms with van der Waals surface area (Å²) >= 11 is 0. The Morgan fingerprint density at radius 1 is 0.451 bits per heavy atom. The van der Waals surface area contributed by atoms with Gasteiger partial charge in [-0.2, -0.15) is 0 Å². The lowest BCUT2D eigenvalue weighted by molar-refractivity contribution is -0.870. The Hall–Kier alpha value is -3.33. The zero-order valence-electron chi connectivity index (χ0n) is 45.9. The second-order valence-electron chi connectivity index (χ2n) is 19.6. The van der Waals surface area contributed by atoms with Crippen LogP contribution in [0.2, 0.25) is 0 Å². The predicted molar refractivity (Wildman–Crippen MR) is 300 cm³/mol. The molecule has 10 heteroatoms. The highest BCUT2D eigenvalue weighted by Crippen LogP contribution is 2.38. The molecule has 0 fully saturated rings. The summed E-state index contributed by atoms with van der Waals surface area (Å²) in [4.78, 5) is 37.6. The molecule has 0 saturated carbocycles. The van der Waals surface area contributed by atoms with Gasteiger partial charge in [-0.05, 0) is 96.3 Å². The number of rotatable bonds is 50. The highest BCUT2D eigenvalue weighted by molar-refractivity contribution is 7.45. The van der Waals surface area contributed by atoms with Crippen molar-refractivity contribution < 1.29 is 42.1 Å². The molecule has 2 unspecified atom stereocenters. The van der Waals surface area contributed by atoms with Crippen molar-refractivity contribution in [2.75, 3.05) is 47.5 Å². The summed E-state index contributed by atoms with van der Waals surface area (Å²) in [6.45, 7) is 4.03. The van der Waals surface area contributed by atoms with Gasteiger partial charge < -0.3 is 27.9 Å². The standard InChI is InChI=1S/C61H104NO8P/c1-6-8-10-12-14-16-18-19-20-21-22-23-24-25-26-27-28-29-30-31-32-33-34-35-36-37-38-39-40-41-42-43-44-46-48-50-52-54-61(64)70-59(58-69-71(65,66)68-56-55-62(3,4)5)57-67-60(63)53-51-49-47-45-17-15-13-11-9-7-2/h8,10-11,13-14,16,19-20,22-23,25-26,28-29,31-32,34-35,59H,6-7,9,12,15,17-18,21,24,27,30,33,36-58H2,1-5H3/b10-8-,13-11-,16-14-,20-19-,23-22-,26-25-,29-28-,32-31-,35-34-. The van der Waals surface area contributed by atoms with Crippen molar-refractivity contribution in [3.63, 3.8) is 0 Å². The molecule has 0 aliphatic carbocycles. The van der Waals surface area contributed by atoms with Gasteiger partial charge in [-0.15, -0.1) is 0 Å². The molecule has 0 aliphatic rings. The second-order valence-corrected chi connectivity index (χ2v) is 21.0. The van der Waals surface area contributed by atoms with Crippen molar-refractivity contribution in [3.8, 4) is 0 Å². The molecule has 0 heterocycles. The zero-order chi connectivity index (χ0) is 52.0. The number of likely N-dealkylation sites (N-methyl/N-ethyl adjacent to an activating group) is 1. The van der Waals surface area contributed by atoms with Crippen molar-refractivity contribution in [3.05, 3.63) is 109 Å². The Balaban J connectivity index is 4.04. The van der Waals surface area contributed by atoms with Gasteiger partial charge >= 0.3 is 11.9 Å². The van der Waals surface area contributed by atoms with Gasteiger partial charge in [-0.3, -0.25) is 14.2 Å². The number of phosphoric ester groups is 1. The number of phosphoric acid groups is 1. The van der Waals surface area contributed by atoms with Crippen LogP contribution in [0.5, 0.6) is 0 Å². The number of esters is 2. The molecule has 0 rings (SSSR count). The Labute approximate surface area is 436 Å². The Bertz CT molecular complexity index is 1570. The van der Waals surface area contributed by atoms with Gasteiger partial charge in [0.2, 0.25) is 0 Å². The van der Waals surface area contributed by atoms with Crippen molar-refractivity contribution in [1.29, 1.82) is 0 Å². The summed E-state index contributed by atoms with van der Waals surface area (Å²) in [6.07, 6.45) is 71.5. The minimum Gasteiger partial charge on any atom is -0.756 e. The Morgan fingerprint density at radius 2 is 0.803 bits per heavy atom. The number of unbranched alkanes of at least 4 members (excludes halogenated alkanes) is 18. The van der Waals surface area contributed by atoms with Crippen LogP contribution in [0.15, 0.2) is 109 Å². The lowest BCUT2D eigenvalue weighted by atomic mass is 10.0. The van der Waals surface area contributed by atoms with E-state index in [-0.39, 0.29) is 26.1 Å². The molecular formula is C61H104NO8P. The van der Waals surface area contributed by atoms with Crippen LogP contribution >= 0.6 is 7.82 Å². The van der Waals surface area contributed by atoms with Crippen molar-refractivity contribution in [2.45, 2.75) is 219 Å². The lowest BCUT2D eigenvalue weighted by Gasteiger charge is -2.28. The van der Waals surface area contributed by atoms with Crippen LogP contribution in [0.25, 0.3) is 0 Å². The Kier molecular flexibility index (Phi) is 49.1. The first-order valence-electron chi connectivity index (χ1n) is 28.1. The number of carbonyl (C=O) groups is 2. The molecule has 0 aromatic rings. The average Bonchev–Trinajstić information content (AvgIpc) is 3.33. The summed E-state index contributed by atoms with van der Waals surface area (Å²) in [5.41, 5.74) is 0. The van der Waals surface area contributed by atoms with Gasteiger partial charge in [0.25, 0.3) is 7.82 Å². The zero-order valence-corrected chi connectivity index (χ0v) is 46.8. The van der Waals surface area contributed by atoms with E-state index in [2.05, 4.69) is 123 Å². The largest absolute Gasteiger partial charge is 0.756 e. The fourth-order valence-electron chi connectivity index (χ4n) is 7.20. The minimum absolute atomic E-state index is 0.0366. The fourth-order valence-corrected chi connectivity index (χ4v) is 7.93. The van der Waals surface area contributed by atoms with E-state index < -0.39 is 32.5 Å². The van der Waals surface area contributed by atoms with Crippen LogP contribution in [-0.4, -0.2) is 70.0 Å². The van der Waals surface area contributed by atoms with Gasteiger partial charge in [-0.25, -0.2) is 0 Å². The maximum Gasteiger partial charge on any atom is 0.306 e. The molecule has 0 aromatic heterocycles. The highest BCUT2D eigenvalue weighted by atomic mass is 31.2. The molecule has 0 saturated heterocycles. The molecule has 0 spiro atoms. The molecule has 71 heavy (non-hydrogen) atoms. The van der Waals surface area contributed by atoms with Crippen molar-refractivity contribution >= 4 is 19.8 Å². The number of hydrogen-bond donors (Lipinski definition) is 0. The smallest absolute Gasteiger partial charge is 0.306 e. The Morgan fingerprint density at radius 3 is 1.21 bits per heavy atom. The van der Waals surface area contributed by atoms with Crippen LogP contribution in [0.1, 0.15) is 213 Å². The summed E-state index contributed by atoms with van der Waals surface area (Å²) in [5.74, 6) is -0.854. The topological polar surface area (TPSA) is 111 Å². The van der Waals surface area contributed by atoms with Gasteiger partial charge in [-0.1, -0.05) is 213 Å². The third-order valence-corrected chi connectivity index (χ3v) is 12.5. The third kappa shape index (κ3) is 55.8. The number of quaternary nitrogens is 1. The van der Waals surface area contributed by atoms with E-state index in [1.54, 1.807) is 0 Å². The number of carbonyl (C=O) groups excluding carboxylic acids is 2. The van der Waals surface area contributed by atoms with E-state index >= 15 is 0 Å². The van der Waals surface area contributed by atoms with Crippen LogP contribution in [-0.2, 0) is 32.7 Å². The summed E-state index contributed by atoms with van der Waals surface area (Å²) < 4.78 is 34.0. The molecule has 0 radical (unpaired) electrons. The van der Waals surface area contributed by atoms with Crippen LogP contribution in [0.4, 0.5) is 0 Å². The van der Waals surface area contributed by atoms with E-state index in [0.29, 0.717) is 23.9 Å². The summed E-state index contributed by atoms with van der Waals surface area (Å²) in [7, 11) is 1.15. The highest BCUT2D eigenvalue weighted by Gasteiger charge is 2.21. The first-order valence-corrected chi connectivity index (χ1v) is 29.6. The number of allylic oxidation sites excluding steroid dienone is 18.